The van der Waals surface area contributed by atoms with Crippen LogP contribution in [0.25, 0.3) is 0 Å². The molecular formula is C13H26N2O. The van der Waals surface area contributed by atoms with Crippen LogP contribution in [0, 0.1) is 0 Å². The van der Waals surface area contributed by atoms with E-state index in [0.717, 1.165) is 26.2 Å². The van der Waals surface area contributed by atoms with Gasteiger partial charge in [0.1, 0.15) is 5.78 Å². The summed E-state index contributed by atoms with van der Waals surface area (Å²) in [7, 11) is 0. The van der Waals surface area contributed by atoms with Crippen molar-refractivity contribution < 1.29 is 4.79 Å². The Bertz CT molecular complexity index is 222. The first-order valence-corrected chi connectivity index (χ1v) is 6.52. The van der Waals surface area contributed by atoms with Crippen LogP contribution >= 0.6 is 0 Å². The predicted molar refractivity (Wildman–Crippen MR) is 67.7 cm³/mol. The Morgan fingerprint density at radius 1 is 1.06 bits per heavy atom. The number of ketones is 1. The van der Waals surface area contributed by atoms with Gasteiger partial charge in [0.2, 0.25) is 0 Å². The van der Waals surface area contributed by atoms with E-state index in [2.05, 4.69) is 30.6 Å². The van der Waals surface area contributed by atoms with E-state index in [-0.39, 0.29) is 0 Å². The number of carbonyl (C=O) groups is 1. The molecule has 1 saturated heterocycles. The third-order valence-corrected chi connectivity index (χ3v) is 3.77. The third-order valence-electron chi connectivity index (χ3n) is 3.77. The van der Waals surface area contributed by atoms with Crippen LogP contribution in [0.4, 0.5) is 0 Å². The lowest BCUT2D eigenvalue weighted by Crippen LogP contribution is -2.52. The fourth-order valence-corrected chi connectivity index (χ4v) is 2.42. The van der Waals surface area contributed by atoms with Gasteiger partial charge in [-0.15, -0.1) is 0 Å². The molecule has 2 atom stereocenters. The van der Waals surface area contributed by atoms with E-state index in [0.29, 0.717) is 24.3 Å². The Morgan fingerprint density at radius 3 is 1.88 bits per heavy atom. The Kier molecular flexibility index (Phi) is 5.42. The van der Waals surface area contributed by atoms with Gasteiger partial charge in [0.25, 0.3) is 0 Å². The Balaban J connectivity index is 2.33. The molecule has 0 aliphatic carbocycles. The number of piperazine rings is 1. The number of hydrogen-bond acceptors (Lipinski definition) is 3. The van der Waals surface area contributed by atoms with Gasteiger partial charge in [-0.2, -0.15) is 0 Å². The van der Waals surface area contributed by atoms with Crippen molar-refractivity contribution in [2.24, 2.45) is 0 Å². The lowest BCUT2D eigenvalue weighted by Gasteiger charge is -2.40. The molecule has 0 N–H and O–H groups in total. The minimum Gasteiger partial charge on any atom is -0.300 e. The van der Waals surface area contributed by atoms with Crippen molar-refractivity contribution in [1.82, 2.24) is 9.80 Å². The summed E-state index contributed by atoms with van der Waals surface area (Å²) in [6, 6.07) is 1.11. The first kappa shape index (κ1) is 13.7. The van der Waals surface area contributed by atoms with Crippen molar-refractivity contribution in [3.63, 3.8) is 0 Å². The van der Waals surface area contributed by atoms with E-state index in [1.807, 2.05) is 0 Å². The highest BCUT2D eigenvalue weighted by atomic mass is 16.1. The highest BCUT2D eigenvalue weighted by Gasteiger charge is 2.23. The first-order valence-electron chi connectivity index (χ1n) is 6.52. The monoisotopic (exact) mass is 226 g/mol. The Labute approximate surface area is 99.8 Å². The average molecular weight is 226 g/mol. The molecule has 94 valence electrons. The molecule has 0 aromatic rings. The SMILES string of the molecule is CCC(C)N1CCN(C(C)CC(C)=O)CC1. The van der Waals surface area contributed by atoms with E-state index in [1.54, 1.807) is 6.92 Å². The molecule has 0 amide bonds. The van der Waals surface area contributed by atoms with E-state index >= 15 is 0 Å². The largest absolute Gasteiger partial charge is 0.300 e. The molecule has 3 nitrogen and oxygen atoms in total. The number of hydrogen-bond donors (Lipinski definition) is 0. The maximum Gasteiger partial charge on any atom is 0.131 e. The molecule has 0 saturated carbocycles. The van der Waals surface area contributed by atoms with E-state index in [9.17, 15) is 4.79 Å². The minimum absolute atomic E-state index is 0.303. The van der Waals surface area contributed by atoms with Crippen molar-refractivity contribution in [2.75, 3.05) is 26.2 Å². The van der Waals surface area contributed by atoms with Crippen LogP contribution in [-0.4, -0.2) is 53.8 Å². The van der Waals surface area contributed by atoms with Crippen molar-refractivity contribution >= 4 is 5.78 Å². The standard InChI is InChI=1S/C13H26N2O/c1-5-11(2)14-6-8-15(9-7-14)12(3)10-13(4)16/h11-12H,5-10H2,1-4H3. The lowest BCUT2D eigenvalue weighted by molar-refractivity contribution is -0.118. The summed E-state index contributed by atoms with van der Waals surface area (Å²) in [4.78, 5) is 16.1. The van der Waals surface area contributed by atoms with E-state index < -0.39 is 0 Å². The van der Waals surface area contributed by atoms with Crippen LogP contribution in [0.3, 0.4) is 0 Å². The molecule has 1 rings (SSSR count). The maximum atomic E-state index is 11.1. The fourth-order valence-electron chi connectivity index (χ4n) is 2.42. The summed E-state index contributed by atoms with van der Waals surface area (Å²) in [5.74, 6) is 0.303. The summed E-state index contributed by atoms with van der Waals surface area (Å²) in [6.07, 6.45) is 1.92. The van der Waals surface area contributed by atoms with Crippen LogP contribution in [-0.2, 0) is 4.79 Å². The van der Waals surface area contributed by atoms with Gasteiger partial charge in [0.05, 0.1) is 0 Å². The second-order valence-electron chi connectivity index (χ2n) is 5.08. The third kappa shape index (κ3) is 3.87. The summed E-state index contributed by atoms with van der Waals surface area (Å²) >= 11 is 0. The van der Waals surface area contributed by atoms with Gasteiger partial charge >= 0.3 is 0 Å². The number of rotatable bonds is 5. The molecular weight excluding hydrogens is 200 g/mol. The Morgan fingerprint density at radius 2 is 1.50 bits per heavy atom. The van der Waals surface area contributed by atoms with Crippen LogP contribution < -0.4 is 0 Å². The lowest BCUT2D eigenvalue weighted by atomic mass is 10.1. The zero-order valence-electron chi connectivity index (χ0n) is 11.2. The topological polar surface area (TPSA) is 23.6 Å². The fraction of sp³-hybridized carbons (Fsp3) is 0.923. The maximum absolute atomic E-state index is 11.1. The molecule has 1 heterocycles. The average Bonchev–Trinajstić information content (AvgIpc) is 2.27. The van der Waals surface area contributed by atoms with Crippen molar-refractivity contribution in [1.29, 1.82) is 0 Å². The molecule has 0 bridgehead atoms. The first-order chi connectivity index (χ1) is 7.54. The van der Waals surface area contributed by atoms with Crippen LogP contribution in [0.2, 0.25) is 0 Å². The second kappa shape index (κ2) is 6.36. The van der Waals surface area contributed by atoms with Crippen molar-refractivity contribution in [3.05, 3.63) is 0 Å². The van der Waals surface area contributed by atoms with Crippen LogP contribution in [0.1, 0.15) is 40.5 Å². The van der Waals surface area contributed by atoms with Gasteiger partial charge in [0.15, 0.2) is 0 Å². The smallest absolute Gasteiger partial charge is 0.131 e. The highest BCUT2D eigenvalue weighted by molar-refractivity contribution is 5.76. The van der Waals surface area contributed by atoms with Crippen LogP contribution in [0.15, 0.2) is 0 Å². The molecule has 1 fully saturated rings. The normalized spacial score (nSPS) is 23.0. The molecule has 0 aromatic heterocycles. The minimum atomic E-state index is 0.303. The molecule has 1 aliphatic rings. The number of Topliss-reactive ketones (excluding diaryl/α,β-unsaturated/α-hetero) is 1. The summed E-state index contributed by atoms with van der Waals surface area (Å²) in [5, 5.41) is 0. The van der Waals surface area contributed by atoms with Gasteiger partial charge in [-0.3, -0.25) is 14.6 Å². The predicted octanol–water partition coefficient (Wildman–Crippen LogP) is 1.77. The Hall–Kier alpha value is -0.410. The molecule has 0 radical (unpaired) electrons. The quantitative estimate of drug-likeness (QED) is 0.714. The van der Waals surface area contributed by atoms with Gasteiger partial charge in [-0.25, -0.2) is 0 Å². The van der Waals surface area contributed by atoms with Crippen LogP contribution in [0.5, 0.6) is 0 Å². The van der Waals surface area contributed by atoms with Gasteiger partial charge in [-0.1, -0.05) is 6.92 Å². The second-order valence-corrected chi connectivity index (χ2v) is 5.08. The number of nitrogens with zero attached hydrogens (tertiary/aromatic N) is 2. The van der Waals surface area contributed by atoms with E-state index in [1.165, 1.54) is 6.42 Å². The summed E-state index contributed by atoms with van der Waals surface area (Å²) < 4.78 is 0. The molecule has 3 heteroatoms. The highest BCUT2D eigenvalue weighted by Crippen LogP contribution is 2.12. The summed E-state index contributed by atoms with van der Waals surface area (Å²) in [5.41, 5.74) is 0. The summed E-state index contributed by atoms with van der Waals surface area (Å²) in [6.45, 7) is 12.9. The van der Waals surface area contributed by atoms with Gasteiger partial charge < -0.3 is 0 Å². The van der Waals surface area contributed by atoms with Crippen molar-refractivity contribution in [2.45, 2.75) is 52.6 Å². The molecule has 0 aromatic carbocycles. The number of carbonyl (C=O) groups excluding carboxylic acids is 1. The molecule has 0 spiro atoms. The molecule has 2 unspecified atom stereocenters. The van der Waals surface area contributed by atoms with E-state index in [4.69, 9.17) is 0 Å². The zero-order chi connectivity index (χ0) is 12.1. The van der Waals surface area contributed by atoms with Gasteiger partial charge in [0, 0.05) is 44.7 Å². The zero-order valence-corrected chi connectivity index (χ0v) is 11.2. The van der Waals surface area contributed by atoms with Gasteiger partial charge in [-0.05, 0) is 27.2 Å². The van der Waals surface area contributed by atoms with Crippen molar-refractivity contribution in [3.8, 4) is 0 Å². The molecule has 1 aliphatic heterocycles. The molecule has 16 heavy (non-hydrogen) atoms.